The van der Waals surface area contributed by atoms with Crippen LogP contribution in [-0.4, -0.2) is 16.8 Å². The van der Waals surface area contributed by atoms with Crippen LogP contribution in [0.15, 0.2) is 42.6 Å². The average Bonchev–Trinajstić information content (AvgIpc) is 2.47. The number of nitrogens with two attached hydrogens (primary N) is 1. The number of hydrogen-bond acceptors (Lipinski definition) is 3. The Morgan fingerprint density at radius 2 is 1.91 bits per heavy atom. The first-order valence-electron chi connectivity index (χ1n) is 6.33. The summed E-state index contributed by atoms with van der Waals surface area (Å²) in [7, 11) is 0. The fourth-order valence-corrected chi connectivity index (χ4v) is 2.18. The van der Waals surface area contributed by atoms with Gasteiger partial charge in [-0.05, 0) is 36.8 Å². The Labute approximate surface area is 137 Å². The third-order valence-corrected chi connectivity index (χ3v) is 3.68. The van der Waals surface area contributed by atoms with Crippen LogP contribution in [0.4, 0.5) is 0 Å². The fraction of sp³-hybridized carbons (Fsp3) is 0.133. The first kappa shape index (κ1) is 16.3. The second-order valence-electron chi connectivity index (χ2n) is 4.82. The fourth-order valence-electron chi connectivity index (χ4n) is 1.88. The lowest BCUT2D eigenvalue weighted by Crippen LogP contribution is -2.52. The van der Waals surface area contributed by atoms with Gasteiger partial charge in [-0.1, -0.05) is 35.3 Å². The Kier molecular flexibility index (Phi) is 4.68. The van der Waals surface area contributed by atoms with Crippen molar-refractivity contribution in [1.29, 1.82) is 0 Å². The smallest absolute Gasteiger partial charge is 0.270 e. The van der Waals surface area contributed by atoms with E-state index in [2.05, 4.69) is 10.3 Å². The summed E-state index contributed by atoms with van der Waals surface area (Å²) < 4.78 is 0. The minimum absolute atomic E-state index is 0.124. The summed E-state index contributed by atoms with van der Waals surface area (Å²) in [6.07, 6.45) is 1.34. The molecule has 0 saturated carbocycles. The lowest BCUT2D eigenvalue weighted by atomic mass is 9.91. The molecule has 0 bridgehead atoms. The molecule has 0 aliphatic heterocycles. The molecular weight excluding hydrogens is 325 g/mol. The van der Waals surface area contributed by atoms with Crippen LogP contribution < -0.4 is 11.1 Å². The van der Waals surface area contributed by atoms with Crippen LogP contribution >= 0.6 is 23.2 Å². The lowest BCUT2D eigenvalue weighted by Gasteiger charge is -2.28. The lowest BCUT2D eigenvalue weighted by molar-refractivity contribution is -0.123. The minimum Gasteiger partial charge on any atom is -0.367 e. The summed E-state index contributed by atoms with van der Waals surface area (Å²) in [4.78, 5) is 28.1. The van der Waals surface area contributed by atoms with Crippen molar-refractivity contribution in [2.75, 3.05) is 0 Å². The maximum Gasteiger partial charge on any atom is 0.270 e. The molecule has 0 saturated heterocycles. The van der Waals surface area contributed by atoms with Crippen LogP contribution in [0.1, 0.15) is 23.0 Å². The Balaban J connectivity index is 2.34. The molecule has 0 aliphatic carbocycles. The highest BCUT2D eigenvalue weighted by Crippen LogP contribution is 2.24. The van der Waals surface area contributed by atoms with E-state index in [0.29, 0.717) is 15.6 Å². The van der Waals surface area contributed by atoms with Crippen LogP contribution in [0.25, 0.3) is 0 Å². The van der Waals surface area contributed by atoms with E-state index in [1.807, 2.05) is 0 Å². The van der Waals surface area contributed by atoms with E-state index < -0.39 is 17.4 Å². The minimum atomic E-state index is -1.41. The van der Waals surface area contributed by atoms with Crippen LogP contribution in [0.5, 0.6) is 0 Å². The molecule has 7 heteroatoms. The number of benzene rings is 1. The summed E-state index contributed by atoms with van der Waals surface area (Å²) in [6.45, 7) is 1.51. The van der Waals surface area contributed by atoms with E-state index in [-0.39, 0.29) is 5.69 Å². The van der Waals surface area contributed by atoms with Gasteiger partial charge >= 0.3 is 0 Å². The van der Waals surface area contributed by atoms with E-state index in [9.17, 15) is 9.59 Å². The number of rotatable bonds is 4. The number of halogens is 2. The molecule has 22 heavy (non-hydrogen) atoms. The van der Waals surface area contributed by atoms with Crippen LogP contribution in [0.3, 0.4) is 0 Å². The number of nitrogens with zero attached hydrogens (tertiary/aromatic N) is 1. The van der Waals surface area contributed by atoms with Crippen molar-refractivity contribution in [3.8, 4) is 0 Å². The molecule has 0 radical (unpaired) electrons. The summed E-state index contributed by atoms with van der Waals surface area (Å²) in [5, 5.41) is 3.44. The molecule has 0 aliphatic rings. The maximum atomic E-state index is 12.3. The molecule has 2 aromatic rings. The number of amides is 2. The molecule has 0 spiro atoms. The normalized spacial score (nSPS) is 13.2. The molecule has 2 rings (SSSR count). The molecule has 1 heterocycles. The van der Waals surface area contributed by atoms with Crippen molar-refractivity contribution in [3.63, 3.8) is 0 Å². The van der Waals surface area contributed by atoms with E-state index in [4.69, 9.17) is 28.9 Å². The maximum absolute atomic E-state index is 12.3. The predicted octanol–water partition coefficient (Wildman–Crippen LogP) is 2.52. The second-order valence-corrected chi connectivity index (χ2v) is 5.69. The van der Waals surface area contributed by atoms with Gasteiger partial charge in [0, 0.05) is 11.2 Å². The SMILES string of the molecule is C[C@@](NC(=O)c1ccc(Cl)cn1)(C(N)=O)c1cccc(Cl)c1. The van der Waals surface area contributed by atoms with Gasteiger partial charge in [0.15, 0.2) is 0 Å². The number of primary amides is 1. The van der Waals surface area contributed by atoms with Gasteiger partial charge < -0.3 is 11.1 Å². The average molecular weight is 338 g/mol. The molecule has 0 fully saturated rings. The highest BCUT2D eigenvalue weighted by molar-refractivity contribution is 6.30. The number of carbonyl (C=O) groups is 2. The molecule has 1 aromatic carbocycles. The molecular formula is C15H13Cl2N3O2. The van der Waals surface area contributed by atoms with Gasteiger partial charge in [-0.3, -0.25) is 9.59 Å². The highest BCUT2D eigenvalue weighted by atomic mass is 35.5. The highest BCUT2D eigenvalue weighted by Gasteiger charge is 2.35. The van der Waals surface area contributed by atoms with Gasteiger partial charge in [-0.15, -0.1) is 0 Å². The Morgan fingerprint density at radius 1 is 1.18 bits per heavy atom. The summed E-state index contributed by atoms with van der Waals surface area (Å²) in [5.41, 5.74) is 4.66. The Morgan fingerprint density at radius 3 is 2.45 bits per heavy atom. The topological polar surface area (TPSA) is 85.1 Å². The Hall–Kier alpha value is -2.11. The van der Waals surface area contributed by atoms with E-state index >= 15 is 0 Å². The monoisotopic (exact) mass is 337 g/mol. The number of aromatic nitrogens is 1. The zero-order chi connectivity index (χ0) is 16.3. The number of carbonyl (C=O) groups excluding carboxylic acids is 2. The third kappa shape index (κ3) is 3.37. The van der Waals surface area contributed by atoms with Gasteiger partial charge in [0.25, 0.3) is 5.91 Å². The van der Waals surface area contributed by atoms with Crippen molar-refractivity contribution in [2.24, 2.45) is 5.73 Å². The molecule has 114 valence electrons. The number of hydrogen-bond donors (Lipinski definition) is 2. The zero-order valence-electron chi connectivity index (χ0n) is 11.6. The molecule has 2 amide bonds. The van der Waals surface area contributed by atoms with Crippen molar-refractivity contribution in [2.45, 2.75) is 12.5 Å². The van der Waals surface area contributed by atoms with Crippen molar-refractivity contribution in [1.82, 2.24) is 10.3 Å². The van der Waals surface area contributed by atoms with Crippen LogP contribution in [0.2, 0.25) is 10.0 Å². The van der Waals surface area contributed by atoms with Gasteiger partial charge in [0.2, 0.25) is 5.91 Å². The molecule has 3 N–H and O–H groups in total. The molecule has 0 unspecified atom stereocenters. The van der Waals surface area contributed by atoms with Crippen molar-refractivity contribution < 1.29 is 9.59 Å². The number of pyridine rings is 1. The standard InChI is InChI=1S/C15H13Cl2N3O2/c1-15(14(18)22,9-3-2-4-10(16)7-9)20-13(21)12-6-5-11(17)8-19-12/h2-8H,1H3,(H2,18,22)(H,20,21)/t15-/m0/s1. The van der Waals surface area contributed by atoms with Crippen LogP contribution in [-0.2, 0) is 10.3 Å². The largest absolute Gasteiger partial charge is 0.367 e. The first-order valence-corrected chi connectivity index (χ1v) is 7.08. The van der Waals surface area contributed by atoms with E-state index in [1.54, 1.807) is 24.3 Å². The van der Waals surface area contributed by atoms with Gasteiger partial charge in [0.1, 0.15) is 11.2 Å². The third-order valence-electron chi connectivity index (χ3n) is 3.22. The van der Waals surface area contributed by atoms with Crippen molar-refractivity contribution >= 4 is 35.0 Å². The second kappa shape index (κ2) is 6.34. The van der Waals surface area contributed by atoms with Crippen LogP contribution in [0, 0.1) is 0 Å². The van der Waals surface area contributed by atoms with Gasteiger partial charge in [0.05, 0.1) is 5.02 Å². The predicted molar refractivity (Wildman–Crippen MR) is 84.7 cm³/mol. The summed E-state index contributed by atoms with van der Waals surface area (Å²) in [6, 6.07) is 9.55. The Bertz CT molecular complexity index is 719. The first-order chi connectivity index (χ1) is 10.3. The van der Waals surface area contributed by atoms with E-state index in [0.717, 1.165) is 0 Å². The zero-order valence-corrected chi connectivity index (χ0v) is 13.2. The quantitative estimate of drug-likeness (QED) is 0.898. The van der Waals surface area contributed by atoms with Crippen molar-refractivity contribution in [3.05, 3.63) is 63.9 Å². The van der Waals surface area contributed by atoms with Gasteiger partial charge in [-0.2, -0.15) is 0 Å². The molecule has 1 atom stereocenters. The van der Waals surface area contributed by atoms with E-state index in [1.165, 1.54) is 25.3 Å². The summed E-state index contributed by atoms with van der Waals surface area (Å²) in [5.74, 6) is -1.25. The molecule has 5 nitrogen and oxygen atoms in total. The van der Waals surface area contributed by atoms with Gasteiger partial charge in [-0.25, -0.2) is 4.98 Å². The summed E-state index contributed by atoms with van der Waals surface area (Å²) >= 11 is 11.7. The molecule has 1 aromatic heterocycles. The number of nitrogens with one attached hydrogen (secondary N) is 1.